The summed E-state index contributed by atoms with van der Waals surface area (Å²) in [6.45, 7) is 4.59. The van der Waals surface area contributed by atoms with E-state index < -0.39 is 12.0 Å². The van der Waals surface area contributed by atoms with Crippen LogP contribution in [0.15, 0.2) is 42.5 Å². The highest BCUT2D eigenvalue weighted by Crippen LogP contribution is 2.18. The number of rotatable bonds is 5. The van der Waals surface area contributed by atoms with Gasteiger partial charge in [-0.3, -0.25) is 4.79 Å². The maximum atomic E-state index is 10.8. The number of carboxylic acids is 1. The van der Waals surface area contributed by atoms with Crippen LogP contribution in [-0.4, -0.2) is 11.1 Å². The van der Waals surface area contributed by atoms with Gasteiger partial charge in [0.1, 0.15) is 18.4 Å². The van der Waals surface area contributed by atoms with Gasteiger partial charge < -0.3 is 15.6 Å². The second kappa shape index (κ2) is 6.41. The molecule has 0 spiro atoms. The molecule has 0 saturated carbocycles. The average Bonchev–Trinajstić information content (AvgIpc) is 2.44. The molecule has 2 aromatic rings. The Bertz CT molecular complexity index is 615. The van der Waals surface area contributed by atoms with Gasteiger partial charge in [-0.2, -0.15) is 0 Å². The summed E-state index contributed by atoms with van der Waals surface area (Å²) in [4.78, 5) is 10.8. The zero-order chi connectivity index (χ0) is 15.4. The number of carbonyl (C=O) groups is 1. The third-order valence-electron chi connectivity index (χ3n) is 3.19. The van der Waals surface area contributed by atoms with E-state index in [0.717, 1.165) is 5.56 Å². The number of aliphatic carboxylic acids is 1. The molecule has 0 aliphatic rings. The van der Waals surface area contributed by atoms with Gasteiger partial charge in [-0.05, 0) is 37.1 Å². The number of aryl methyl sites for hydroxylation is 2. The Morgan fingerprint density at radius 1 is 1.14 bits per heavy atom. The molecule has 0 aromatic heterocycles. The molecular formula is C17H19NO3. The van der Waals surface area contributed by atoms with E-state index in [0.29, 0.717) is 17.9 Å². The lowest BCUT2D eigenvalue weighted by molar-refractivity contribution is -0.138. The predicted octanol–water partition coefficient (Wildman–Crippen LogP) is 2.97. The Morgan fingerprint density at radius 2 is 1.71 bits per heavy atom. The first-order chi connectivity index (χ1) is 9.95. The monoisotopic (exact) mass is 285 g/mol. The summed E-state index contributed by atoms with van der Waals surface area (Å²) in [5, 5.41) is 8.85. The van der Waals surface area contributed by atoms with Crippen molar-refractivity contribution in [3.8, 4) is 5.75 Å². The Kier molecular flexibility index (Phi) is 4.60. The van der Waals surface area contributed by atoms with Crippen molar-refractivity contribution in [1.82, 2.24) is 0 Å². The van der Waals surface area contributed by atoms with Crippen molar-refractivity contribution < 1.29 is 14.6 Å². The van der Waals surface area contributed by atoms with Gasteiger partial charge in [-0.1, -0.05) is 41.5 Å². The normalized spacial score (nSPS) is 12.0. The number of hydrogen-bond donors (Lipinski definition) is 2. The molecule has 0 radical (unpaired) electrons. The maximum Gasteiger partial charge on any atom is 0.325 e. The lowest BCUT2D eigenvalue weighted by Crippen LogP contribution is -2.20. The van der Waals surface area contributed by atoms with Crippen LogP contribution in [0.5, 0.6) is 5.75 Å². The summed E-state index contributed by atoms with van der Waals surface area (Å²) in [6.07, 6.45) is 0. The molecule has 1 atom stereocenters. The lowest BCUT2D eigenvalue weighted by atomic mass is 10.1. The summed E-state index contributed by atoms with van der Waals surface area (Å²) in [6, 6.07) is 12.1. The van der Waals surface area contributed by atoms with E-state index in [9.17, 15) is 4.79 Å². The molecule has 0 saturated heterocycles. The summed E-state index contributed by atoms with van der Waals surface area (Å²) in [7, 11) is 0. The Hall–Kier alpha value is -2.33. The smallest absolute Gasteiger partial charge is 0.325 e. The van der Waals surface area contributed by atoms with Gasteiger partial charge in [0.05, 0.1) is 0 Å². The largest absolute Gasteiger partial charge is 0.489 e. The summed E-state index contributed by atoms with van der Waals surface area (Å²) >= 11 is 0. The Morgan fingerprint density at radius 3 is 2.24 bits per heavy atom. The molecule has 0 amide bonds. The molecule has 2 rings (SSSR count). The van der Waals surface area contributed by atoms with E-state index in [4.69, 9.17) is 15.6 Å². The highest BCUT2D eigenvalue weighted by molar-refractivity contribution is 5.75. The lowest BCUT2D eigenvalue weighted by Gasteiger charge is -2.10. The molecule has 4 heteroatoms. The van der Waals surface area contributed by atoms with Crippen LogP contribution < -0.4 is 10.5 Å². The van der Waals surface area contributed by atoms with Gasteiger partial charge in [0, 0.05) is 0 Å². The van der Waals surface area contributed by atoms with Crippen LogP contribution in [0.4, 0.5) is 0 Å². The Labute approximate surface area is 124 Å². The zero-order valence-electron chi connectivity index (χ0n) is 12.2. The molecule has 3 N–H and O–H groups in total. The molecular weight excluding hydrogens is 266 g/mol. The maximum absolute atomic E-state index is 10.8. The second-order valence-electron chi connectivity index (χ2n) is 5.17. The minimum atomic E-state index is -1.04. The quantitative estimate of drug-likeness (QED) is 0.886. The van der Waals surface area contributed by atoms with Gasteiger partial charge in [-0.25, -0.2) is 0 Å². The summed E-state index contributed by atoms with van der Waals surface area (Å²) in [5.41, 5.74) is 9.62. The highest BCUT2D eigenvalue weighted by Gasteiger charge is 2.13. The summed E-state index contributed by atoms with van der Waals surface area (Å²) in [5.74, 6) is -0.352. The van der Waals surface area contributed by atoms with Gasteiger partial charge >= 0.3 is 5.97 Å². The predicted molar refractivity (Wildman–Crippen MR) is 81.3 cm³/mol. The third kappa shape index (κ3) is 4.07. The van der Waals surface area contributed by atoms with E-state index in [-0.39, 0.29) is 0 Å². The van der Waals surface area contributed by atoms with Crippen LogP contribution in [0.2, 0.25) is 0 Å². The first kappa shape index (κ1) is 15.1. The SMILES string of the molecule is Cc1cc(C)cc(COc2ccc(C(N)C(=O)O)cc2)c1. The van der Waals surface area contributed by atoms with Crippen LogP contribution in [0, 0.1) is 13.8 Å². The van der Waals surface area contributed by atoms with Crippen LogP contribution in [0.3, 0.4) is 0 Å². The van der Waals surface area contributed by atoms with Gasteiger partial charge in [0.25, 0.3) is 0 Å². The van der Waals surface area contributed by atoms with E-state index in [1.165, 1.54) is 11.1 Å². The fourth-order valence-electron chi connectivity index (χ4n) is 2.23. The minimum Gasteiger partial charge on any atom is -0.489 e. The fraction of sp³-hybridized carbons (Fsp3) is 0.235. The fourth-order valence-corrected chi connectivity index (χ4v) is 2.23. The van der Waals surface area contributed by atoms with Crippen molar-refractivity contribution in [1.29, 1.82) is 0 Å². The number of carboxylic acid groups (broad SMARTS) is 1. The van der Waals surface area contributed by atoms with Gasteiger partial charge in [-0.15, -0.1) is 0 Å². The third-order valence-corrected chi connectivity index (χ3v) is 3.19. The molecule has 2 aromatic carbocycles. The first-order valence-electron chi connectivity index (χ1n) is 6.74. The molecule has 0 aliphatic carbocycles. The van der Waals surface area contributed by atoms with Crippen LogP contribution in [0.25, 0.3) is 0 Å². The molecule has 110 valence electrons. The first-order valence-corrected chi connectivity index (χ1v) is 6.74. The van der Waals surface area contributed by atoms with Crippen molar-refractivity contribution in [3.05, 3.63) is 64.7 Å². The van der Waals surface area contributed by atoms with E-state index >= 15 is 0 Å². The minimum absolute atomic E-state index is 0.479. The van der Waals surface area contributed by atoms with E-state index in [2.05, 4.69) is 32.0 Å². The standard InChI is InChI=1S/C17H19NO3/c1-11-7-12(2)9-13(8-11)10-21-15-5-3-14(4-6-15)16(18)17(19)20/h3-9,16H,10,18H2,1-2H3,(H,19,20). The van der Waals surface area contributed by atoms with Crippen molar-refractivity contribution in [2.75, 3.05) is 0 Å². The van der Waals surface area contributed by atoms with Gasteiger partial charge in [0.15, 0.2) is 0 Å². The number of ether oxygens (including phenoxy) is 1. The Balaban J connectivity index is 2.02. The number of benzene rings is 2. The van der Waals surface area contributed by atoms with E-state index in [1.807, 2.05) is 0 Å². The van der Waals surface area contributed by atoms with Crippen molar-refractivity contribution >= 4 is 5.97 Å². The van der Waals surface area contributed by atoms with Crippen molar-refractivity contribution in [3.63, 3.8) is 0 Å². The molecule has 1 unspecified atom stereocenters. The van der Waals surface area contributed by atoms with Crippen LogP contribution >= 0.6 is 0 Å². The zero-order valence-corrected chi connectivity index (χ0v) is 12.2. The summed E-state index contributed by atoms with van der Waals surface area (Å²) < 4.78 is 5.71. The van der Waals surface area contributed by atoms with Crippen LogP contribution in [0.1, 0.15) is 28.3 Å². The molecule has 0 fully saturated rings. The van der Waals surface area contributed by atoms with Crippen LogP contribution in [-0.2, 0) is 11.4 Å². The molecule has 21 heavy (non-hydrogen) atoms. The molecule has 0 heterocycles. The van der Waals surface area contributed by atoms with Crippen molar-refractivity contribution in [2.24, 2.45) is 5.73 Å². The number of nitrogens with two attached hydrogens (primary N) is 1. The van der Waals surface area contributed by atoms with E-state index in [1.54, 1.807) is 24.3 Å². The second-order valence-corrected chi connectivity index (χ2v) is 5.17. The average molecular weight is 285 g/mol. The molecule has 0 bridgehead atoms. The van der Waals surface area contributed by atoms with Crippen molar-refractivity contribution in [2.45, 2.75) is 26.5 Å². The van der Waals surface area contributed by atoms with Gasteiger partial charge in [0.2, 0.25) is 0 Å². The number of hydrogen-bond acceptors (Lipinski definition) is 3. The highest BCUT2D eigenvalue weighted by atomic mass is 16.5. The topological polar surface area (TPSA) is 72.5 Å². The molecule has 0 aliphatic heterocycles. The molecule has 4 nitrogen and oxygen atoms in total.